The van der Waals surface area contributed by atoms with Crippen LogP contribution in [0.1, 0.15) is 18.9 Å². The van der Waals surface area contributed by atoms with Crippen molar-refractivity contribution < 1.29 is 4.79 Å². The molecule has 0 radical (unpaired) electrons. The van der Waals surface area contributed by atoms with Crippen molar-refractivity contribution in [3.05, 3.63) is 29.8 Å². The van der Waals surface area contributed by atoms with Crippen LogP contribution in [0.4, 0.5) is 5.69 Å². The molecule has 1 aromatic rings. The predicted molar refractivity (Wildman–Crippen MR) is 66.2 cm³/mol. The van der Waals surface area contributed by atoms with Gasteiger partial charge in [-0.1, -0.05) is 18.9 Å². The number of anilines is 1. The summed E-state index contributed by atoms with van der Waals surface area (Å²) in [4.78, 5) is 11.5. The Balaban J connectivity index is 2.47. The monoisotopic (exact) mass is 216 g/mol. The molecule has 3 heteroatoms. The van der Waals surface area contributed by atoms with Crippen LogP contribution in [0.25, 0.3) is 0 Å². The molecule has 2 N–H and O–H groups in total. The van der Waals surface area contributed by atoms with Gasteiger partial charge in [0.25, 0.3) is 0 Å². The molecule has 0 saturated heterocycles. The molecule has 0 aliphatic rings. The molecule has 1 amide bonds. The van der Waals surface area contributed by atoms with Crippen molar-refractivity contribution in [3.63, 3.8) is 0 Å². The Bertz CT molecular complexity index is 393. The standard InChI is InChI=1S/C13H16N2O/c1-3-11-6-5-7-12(10-11)15-13(16)8-9-14-4-2/h1,5-7,10,14H,4,8-9H2,2H3,(H,15,16). The second-order valence-corrected chi connectivity index (χ2v) is 3.38. The maximum absolute atomic E-state index is 11.5. The van der Waals surface area contributed by atoms with Gasteiger partial charge in [0.1, 0.15) is 0 Å². The minimum atomic E-state index is -0.00452. The van der Waals surface area contributed by atoms with Crippen LogP contribution < -0.4 is 10.6 Å². The number of hydrogen-bond acceptors (Lipinski definition) is 2. The molecular formula is C13H16N2O. The van der Waals surface area contributed by atoms with Crippen molar-refractivity contribution in [3.8, 4) is 12.3 Å². The summed E-state index contributed by atoms with van der Waals surface area (Å²) in [6.45, 7) is 3.57. The highest BCUT2D eigenvalue weighted by Gasteiger charge is 2.01. The first kappa shape index (κ1) is 12.3. The van der Waals surface area contributed by atoms with Crippen LogP contribution in [-0.4, -0.2) is 19.0 Å². The van der Waals surface area contributed by atoms with E-state index < -0.39 is 0 Å². The first-order chi connectivity index (χ1) is 7.76. The Hall–Kier alpha value is -1.79. The number of rotatable bonds is 5. The molecule has 0 atom stereocenters. The maximum Gasteiger partial charge on any atom is 0.225 e. The fraction of sp³-hybridized carbons (Fsp3) is 0.308. The number of nitrogens with one attached hydrogen (secondary N) is 2. The van der Waals surface area contributed by atoms with Crippen LogP contribution >= 0.6 is 0 Å². The molecule has 16 heavy (non-hydrogen) atoms. The summed E-state index contributed by atoms with van der Waals surface area (Å²) in [6, 6.07) is 7.26. The highest BCUT2D eigenvalue weighted by Crippen LogP contribution is 2.09. The smallest absolute Gasteiger partial charge is 0.225 e. The predicted octanol–water partition coefficient (Wildman–Crippen LogP) is 1.61. The summed E-state index contributed by atoms with van der Waals surface area (Å²) in [7, 11) is 0. The molecular weight excluding hydrogens is 200 g/mol. The molecule has 84 valence electrons. The van der Waals surface area contributed by atoms with Crippen LogP contribution in [0.5, 0.6) is 0 Å². The number of terminal acetylenes is 1. The Kier molecular flexibility index (Phi) is 5.10. The van der Waals surface area contributed by atoms with Crippen molar-refractivity contribution in [2.45, 2.75) is 13.3 Å². The van der Waals surface area contributed by atoms with Crippen LogP contribution in [0.15, 0.2) is 24.3 Å². The van der Waals surface area contributed by atoms with E-state index in [0.29, 0.717) is 13.0 Å². The lowest BCUT2D eigenvalue weighted by molar-refractivity contribution is -0.116. The van der Waals surface area contributed by atoms with E-state index in [0.717, 1.165) is 17.8 Å². The topological polar surface area (TPSA) is 41.1 Å². The fourth-order valence-corrected chi connectivity index (χ4v) is 1.29. The molecule has 0 fully saturated rings. The number of carbonyl (C=O) groups is 1. The molecule has 0 aromatic heterocycles. The van der Waals surface area contributed by atoms with E-state index >= 15 is 0 Å². The highest BCUT2D eigenvalue weighted by molar-refractivity contribution is 5.90. The molecule has 0 saturated carbocycles. The molecule has 0 spiro atoms. The summed E-state index contributed by atoms with van der Waals surface area (Å²) in [5.74, 6) is 2.52. The lowest BCUT2D eigenvalue weighted by Crippen LogP contribution is -2.21. The third-order valence-corrected chi connectivity index (χ3v) is 2.09. The second kappa shape index (κ2) is 6.65. The molecule has 1 aromatic carbocycles. The Morgan fingerprint density at radius 3 is 3.00 bits per heavy atom. The molecule has 0 heterocycles. The van der Waals surface area contributed by atoms with Crippen LogP contribution in [0, 0.1) is 12.3 Å². The van der Waals surface area contributed by atoms with E-state index in [-0.39, 0.29) is 5.91 Å². The fourth-order valence-electron chi connectivity index (χ4n) is 1.29. The molecule has 1 rings (SSSR count). The van der Waals surface area contributed by atoms with Crippen molar-refractivity contribution in [2.75, 3.05) is 18.4 Å². The number of benzene rings is 1. The van der Waals surface area contributed by atoms with Crippen molar-refractivity contribution in [1.29, 1.82) is 0 Å². The minimum Gasteiger partial charge on any atom is -0.326 e. The third kappa shape index (κ3) is 4.16. The minimum absolute atomic E-state index is 0.00452. The second-order valence-electron chi connectivity index (χ2n) is 3.38. The van der Waals surface area contributed by atoms with Crippen LogP contribution in [0.3, 0.4) is 0 Å². The van der Waals surface area contributed by atoms with Gasteiger partial charge in [-0.25, -0.2) is 0 Å². The van der Waals surface area contributed by atoms with Gasteiger partial charge in [-0.3, -0.25) is 4.79 Å². The van der Waals surface area contributed by atoms with Crippen molar-refractivity contribution in [2.24, 2.45) is 0 Å². The molecule has 0 bridgehead atoms. The van der Waals surface area contributed by atoms with Crippen LogP contribution in [0.2, 0.25) is 0 Å². The van der Waals surface area contributed by atoms with Crippen molar-refractivity contribution >= 4 is 11.6 Å². The summed E-state index contributed by atoms with van der Waals surface area (Å²) in [5, 5.41) is 5.90. The summed E-state index contributed by atoms with van der Waals surface area (Å²) in [5.41, 5.74) is 1.52. The number of hydrogen-bond donors (Lipinski definition) is 2. The first-order valence-corrected chi connectivity index (χ1v) is 5.33. The zero-order valence-electron chi connectivity index (χ0n) is 9.42. The Labute approximate surface area is 96.2 Å². The van der Waals surface area contributed by atoms with E-state index in [1.165, 1.54) is 0 Å². The van der Waals surface area contributed by atoms with Gasteiger partial charge in [-0.05, 0) is 24.7 Å². The average molecular weight is 216 g/mol. The summed E-state index contributed by atoms with van der Waals surface area (Å²) >= 11 is 0. The van der Waals surface area contributed by atoms with E-state index in [9.17, 15) is 4.79 Å². The number of amides is 1. The Morgan fingerprint density at radius 1 is 1.50 bits per heavy atom. The molecule has 3 nitrogen and oxygen atoms in total. The van der Waals surface area contributed by atoms with Gasteiger partial charge in [-0.2, -0.15) is 0 Å². The van der Waals surface area contributed by atoms with Gasteiger partial charge >= 0.3 is 0 Å². The van der Waals surface area contributed by atoms with Gasteiger partial charge in [0.05, 0.1) is 0 Å². The average Bonchev–Trinajstić information content (AvgIpc) is 2.29. The van der Waals surface area contributed by atoms with E-state index in [2.05, 4.69) is 16.6 Å². The zero-order valence-corrected chi connectivity index (χ0v) is 9.42. The van der Waals surface area contributed by atoms with Gasteiger partial charge in [-0.15, -0.1) is 6.42 Å². The SMILES string of the molecule is C#Cc1cccc(NC(=O)CCNCC)c1. The summed E-state index contributed by atoms with van der Waals surface area (Å²) in [6.07, 6.45) is 5.74. The molecule has 0 unspecified atom stereocenters. The van der Waals surface area contributed by atoms with E-state index in [1.54, 1.807) is 6.07 Å². The number of carbonyl (C=O) groups excluding carboxylic acids is 1. The zero-order chi connectivity index (χ0) is 11.8. The van der Waals surface area contributed by atoms with Gasteiger partial charge in [0, 0.05) is 24.2 Å². The van der Waals surface area contributed by atoms with Crippen molar-refractivity contribution in [1.82, 2.24) is 5.32 Å². The quantitative estimate of drug-likeness (QED) is 0.580. The highest BCUT2D eigenvalue weighted by atomic mass is 16.1. The van der Waals surface area contributed by atoms with Gasteiger partial charge in [0.15, 0.2) is 0 Å². The van der Waals surface area contributed by atoms with E-state index in [1.807, 2.05) is 25.1 Å². The molecule has 0 aliphatic heterocycles. The van der Waals surface area contributed by atoms with Gasteiger partial charge in [0.2, 0.25) is 5.91 Å². The molecule has 0 aliphatic carbocycles. The Morgan fingerprint density at radius 2 is 2.31 bits per heavy atom. The third-order valence-electron chi connectivity index (χ3n) is 2.09. The van der Waals surface area contributed by atoms with E-state index in [4.69, 9.17) is 6.42 Å². The maximum atomic E-state index is 11.5. The lowest BCUT2D eigenvalue weighted by atomic mass is 10.2. The lowest BCUT2D eigenvalue weighted by Gasteiger charge is -2.05. The summed E-state index contributed by atoms with van der Waals surface area (Å²) < 4.78 is 0. The van der Waals surface area contributed by atoms with Crippen LogP contribution in [-0.2, 0) is 4.79 Å². The normalized spacial score (nSPS) is 9.50. The largest absolute Gasteiger partial charge is 0.326 e. The van der Waals surface area contributed by atoms with Gasteiger partial charge < -0.3 is 10.6 Å². The first-order valence-electron chi connectivity index (χ1n) is 5.33.